The highest BCUT2D eigenvalue weighted by molar-refractivity contribution is 5.82. The minimum absolute atomic E-state index is 0.237. The molecule has 1 aromatic heterocycles. The Hall–Kier alpha value is -2.46. The largest absolute Gasteiger partial charge is 0.508 e. The van der Waals surface area contributed by atoms with Gasteiger partial charge in [0.05, 0.1) is 5.69 Å². The molecule has 0 amide bonds. The van der Waals surface area contributed by atoms with Crippen molar-refractivity contribution < 1.29 is 9.84 Å². The summed E-state index contributed by atoms with van der Waals surface area (Å²) in [5.74, 6) is 0.974. The van der Waals surface area contributed by atoms with Gasteiger partial charge in [-0.1, -0.05) is 6.07 Å². The number of hydrogen-bond donors (Lipinski definition) is 2. The monoisotopic (exact) mass is 282 g/mol. The highest BCUT2D eigenvalue weighted by atomic mass is 16.5. The van der Waals surface area contributed by atoms with E-state index in [4.69, 9.17) is 10.5 Å². The number of nitrogens with two attached hydrogens (primary N) is 1. The Morgan fingerprint density at radius 2 is 1.86 bits per heavy atom. The number of ether oxygens (including phenoxy) is 1. The smallest absolute Gasteiger partial charge is 0.128 e. The molecule has 0 unspecified atom stereocenters. The molecule has 3 N–H and O–H groups in total. The fourth-order valence-corrected chi connectivity index (χ4v) is 2.42. The molecule has 0 aliphatic rings. The number of nitrogens with zero attached hydrogens (tertiary/aromatic N) is 1. The van der Waals surface area contributed by atoms with Crippen LogP contribution in [0, 0.1) is 0 Å². The van der Waals surface area contributed by atoms with Crippen LogP contribution < -0.4 is 10.5 Å². The maximum absolute atomic E-state index is 9.26. The van der Waals surface area contributed by atoms with E-state index in [2.05, 4.69) is 22.8 Å². The number of benzene rings is 2. The predicted octanol–water partition coefficient (Wildman–Crippen LogP) is 2.92. The molecule has 1 heterocycles. The number of aromatic hydroxyl groups is 1. The van der Waals surface area contributed by atoms with Crippen LogP contribution >= 0.6 is 0 Å². The Morgan fingerprint density at radius 1 is 1.10 bits per heavy atom. The molecular weight excluding hydrogens is 264 g/mol. The Balaban J connectivity index is 1.83. The lowest BCUT2D eigenvalue weighted by molar-refractivity contribution is 0.297. The van der Waals surface area contributed by atoms with Crippen molar-refractivity contribution in [1.82, 2.24) is 4.57 Å². The lowest BCUT2D eigenvalue weighted by Gasteiger charge is -2.07. The first-order valence-corrected chi connectivity index (χ1v) is 6.86. The molecule has 3 rings (SSSR count). The molecule has 0 bridgehead atoms. The van der Waals surface area contributed by atoms with E-state index in [1.165, 1.54) is 5.39 Å². The normalized spacial score (nSPS) is 11.0. The molecule has 0 spiro atoms. The van der Waals surface area contributed by atoms with Gasteiger partial charge < -0.3 is 20.1 Å². The summed E-state index contributed by atoms with van der Waals surface area (Å²) < 4.78 is 7.88. The van der Waals surface area contributed by atoms with E-state index in [1.807, 2.05) is 13.1 Å². The van der Waals surface area contributed by atoms with Gasteiger partial charge in [-0.15, -0.1) is 0 Å². The summed E-state index contributed by atoms with van der Waals surface area (Å²) in [6, 6.07) is 15.1. The molecule has 0 aliphatic carbocycles. The van der Waals surface area contributed by atoms with Crippen molar-refractivity contribution in [2.24, 2.45) is 12.8 Å². The summed E-state index contributed by atoms with van der Waals surface area (Å²) in [7, 11) is 2.03. The molecule has 0 fully saturated rings. The van der Waals surface area contributed by atoms with Gasteiger partial charge in [0.15, 0.2) is 0 Å². The van der Waals surface area contributed by atoms with Crippen LogP contribution in [0.25, 0.3) is 10.9 Å². The van der Waals surface area contributed by atoms with Crippen LogP contribution in [0.2, 0.25) is 0 Å². The van der Waals surface area contributed by atoms with Gasteiger partial charge >= 0.3 is 0 Å². The summed E-state index contributed by atoms with van der Waals surface area (Å²) in [4.78, 5) is 0. The van der Waals surface area contributed by atoms with E-state index in [0.717, 1.165) is 22.5 Å². The van der Waals surface area contributed by atoms with Gasteiger partial charge in [0.1, 0.15) is 18.1 Å². The fourth-order valence-electron chi connectivity index (χ4n) is 2.42. The molecule has 0 atom stereocenters. The summed E-state index contributed by atoms with van der Waals surface area (Å²) in [6.45, 7) is 1.03. The van der Waals surface area contributed by atoms with Crippen LogP contribution in [0.4, 0.5) is 0 Å². The van der Waals surface area contributed by atoms with Gasteiger partial charge in [0.2, 0.25) is 0 Å². The maximum Gasteiger partial charge on any atom is 0.128 e. The second-order valence-corrected chi connectivity index (χ2v) is 5.07. The van der Waals surface area contributed by atoms with E-state index in [0.29, 0.717) is 13.2 Å². The molecule has 3 aromatic rings. The molecule has 4 heteroatoms. The third-order valence-corrected chi connectivity index (χ3v) is 3.67. The third kappa shape index (κ3) is 2.71. The molecule has 0 saturated heterocycles. The Kier molecular flexibility index (Phi) is 3.54. The van der Waals surface area contributed by atoms with Crippen LogP contribution in [0.3, 0.4) is 0 Å². The molecule has 0 aliphatic heterocycles. The highest BCUT2D eigenvalue weighted by Gasteiger charge is 2.07. The van der Waals surface area contributed by atoms with Crippen molar-refractivity contribution >= 4 is 10.9 Å². The van der Waals surface area contributed by atoms with Crippen LogP contribution in [0.1, 0.15) is 11.3 Å². The van der Waals surface area contributed by atoms with E-state index in [-0.39, 0.29) is 5.75 Å². The summed E-state index contributed by atoms with van der Waals surface area (Å²) in [6.07, 6.45) is 0. The summed E-state index contributed by atoms with van der Waals surface area (Å²) >= 11 is 0. The molecule has 108 valence electrons. The zero-order valence-electron chi connectivity index (χ0n) is 11.9. The number of phenolic OH excluding ortho intramolecular Hbond substituents is 1. The average molecular weight is 282 g/mol. The minimum atomic E-state index is 0.237. The number of phenols is 1. The van der Waals surface area contributed by atoms with Crippen LogP contribution in [0.15, 0.2) is 48.5 Å². The molecule has 4 nitrogen and oxygen atoms in total. The average Bonchev–Trinajstić information content (AvgIpc) is 2.82. The fraction of sp³-hybridized carbons (Fsp3) is 0.176. The van der Waals surface area contributed by atoms with Gasteiger partial charge in [-0.2, -0.15) is 0 Å². The van der Waals surface area contributed by atoms with Gasteiger partial charge in [0, 0.05) is 24.5 Å². The van der Waals surface area contributed by atoms with Crippen LogP contribution in [0.5, 0.6) is 11.5 Å². The number of aromatic nitrogens is 1. The van der Waals surface area contributed by atoms with Gasteiger partial charge in [0.25, 0.3) is 0 Å². The van der Waals surface area contributed by atoms with Crippen molar-refractivity contribution in [3.63, 3.8) is 0 Å². The van der Waals surface area contributed by atoms with Crippen molar-refractivity contribution in [3.8, 4) is 11.5 Å². The first-order chi connectivity index (χ1) is 10.2. The number of rotatable bonds is 4. The van der Waals surface area contributed by atoms with Crippen LogP contribution in [-0.2, 0) is 20.2 Å². The molecule has 0 saturated carbocycles. The van der Waals surface area contributed by atoms with Crippen molar-refractivity contribution in [1.29, 1.82) is 0 Å². The van der Waals surface area contributed by atoms with E-state index in [1.54, 1.807) is 24.3 Å². The standard InChI is InChI=1S/C17H18N2O2/c1-19-14(11-21-16-5-3-15(20)4-6-16)9-13-8-12(10-18)2-7-17(13)19/h2-9,20H,10-11,18H2,1H3. The molecule has 2 aromatic carbocycles. The first kappa shape index (κ1) is 13.5. The van der Waals surface area contributed by atoms with E-state index >= 15 is 0 Å². The lowest BCUT2D eigenvalue weighted by atomic mass is 10.1. The number of aryl methyl sites for hydroxylation is 1. The van der Waals surface area contributed by atoms with Gasteiger partial charge in [-0.25, -0.2) is 0 Å². The second kappa shape index (κ2) is 5.50. The summed E-state index contributed by atoms with van der Waals surface area (Å²) in [5, 5.41) is 10.4. The second-order valence-electron chi connectivity index (χ2n) is 5.07. The third-order valence-electron chi connectivity index (χ3n) is 3.67. The van der Waals surface area contributed by atoms with Gasteiger partial charge in [-0.3, -0.25) is 0 Å². The minimum Gasteiger partial charge on any atom is -0.508 e. The van der Waals surface area contributed by atoms with Crippen molar-refractivity contribution in [2.45, 2.75) is 13.2 Å². The Bertz CT molecular complexity index is 760. The lowest BCUT2D eigenvalue weighted by Crippen LogP contribution is -2.01. The number of fused-ring (bicyclic) bond motifs is 1. The number of hydrogen-bond acceptors (Lipinski definition) is 3. The zero-order chi connectivity index (χ0) is 14.8. The molecular formula is C17H18N2O2. The quantitative estimate of drug-likeness (QED) is 0.773. The van der Waals surface area contributed by atoms with Crippen molar-refractivity contribution in [2.75, 3.05) is 0 Å². The zero-order valence-corrected chi connectivity index (χ0v) is 11.9. The van der Waals surface area contributed by atoms with E-state index < -0.39 is 0 Å². The molecule has 0 radical (unpaired) electrons. The topological polar surface area (TPSA) is 60.4 Å². The van der Waals surface area contributed by atoms with Crippen LogP contribution in [-0.4, -0.2) is 9.67 Å². The first-order valence-electron chi connectivity index (χ1n) is 6.86. The maximum atomic E-state index is 9.26. The van der Waals surface area contributed by atoms with Crippen molar-refractivity contribution in [3.05, 3.63) is 59.8 Å². The predicted molar refractivity (Wildman–Crippen MR) is 83.2 cm³/mol. The summed E-state index contributed by atoms with van der Waals surface area (Å²) in [5.41, 5.74) is 9.06. The van der Waals surface area contributed by atoms with Gasteiger partial charge in [-0.05, 0) is 48.0 Å². The molecule has 21 heavy (non-hydrogen) atoms. The highest BCUT2D eigenvalue weighted by Crippen LogP contribution is 2.22. The van der Waals surface area contributed by atoms with E-state index in [9.17, 15) is 5.11 Å². The Labute approximate surface area is 123 Å². The Morgan fingerprint density at radius 3 is 2.57 bits per heavy atom. The SMILES string of the molecule is Cn1c(COc2ccc(O)cc2)cc2cc(CN)ccc21.